The van der Waals surface area contributed by atoms with Crippen LogP contribution in [0.1, 0.15) is 65.7 Å². The molecular formula is C15H28N2OS. The molecule has 0 spiro atoms. The highest BCUT2D eigenvalue weighted by Crippen LogP contribution is 2.35. The van der Waals surface area contributed by atoms with Crippen LogP contribution in [-0.2, 0) is 4.79 Å². The Kier molecular flexibility index (Phi) is 5.78. The maximum atomic E-state index is 12.5. The van der Waals surface area contributed by atoms with E-state index < -0.39 is 5.41 Å². The minimum absolute atomic E-state index is 0.0109. The van der Waals surface area contributed by atoms with Crippen LogP contribution in [0.4, 0.5) is 0 Å². The summed E-state index contributed by atoms with van der Waals surface area (Å²) < 4.78 is 0. The molecule has 110 valence electrons. The fraction of sp³-hybridized carbons (Fsp3) is 0.867. The van der Waals surface area contributed by atoms with Crippen LogP contribution >= 0.6 is 12.2 Å². The van der Waals surface area contributed by atoms with Gasteiger partial charge >= 0.3 is 0 Å². The molecule has 0 aliphatic heterocycles. The number of carbonyl (C=O) groups is 1. The van der Waals surface area contributed by atoms with Crippen LogP contribution in [0.15, 0.2) is 0 Å². The van der Waals surface area contributed by atoms with E-state index in [1.165, 1.54) is 32.1 Å². The van der Waals surface area contributed by atoms with Crippen LogP contribution in [0.2, 0.25) is 0 Å². The molecule has 0 heterocycles. The standard InChI is InChI=1S/C15H28N2OS/c1-4-15(5-2,12(16)19)13(18)17-11-14(3)9-7-6-8-10-14/h4-11H2,1-3H3,(H2,16,19)(H,17,18). The molecule has 0 aromatic heterocycles. The second kappa shape index (κ2) is 6.69. The van der Waals surface area contributed by atoms with Gasteiger partial charge in [-0.3, -0.25) is 4.79 Å². The Morgan fingerprint density at radius 1 is 1.26 bits per heavy atom. The Morgan fingerprint density at radius 3 is 2.21 bits per heavy atom. The number of rotatable bonds is 6. The number of nitrogens with one attached hydrogen (secondary N) is 1. The van der Waals surface area contributed by atoms with Gasteiger partial charge in [-0.15, -0.1) is 0 Å². The lowest BCUT2D eigenvalue weighted by Crippen LogP contribution is -2.50. The lowest BCUT2D eigenvalue weighted by atomic mass is 9.75. The van der Waals surface area contributed by atoms with Crippen LogP contribution in [-0.4, -0.2) is 17.4 Å². The van der Waals surface area contributed by atoms with Crippen LogP contribution < -0.4 is 11.1 Å². The number of amides is 1. The first-order valence-electron chi connectivity index (χ1n) is 7.48. The molecule has 3 nitrogen and oxygen atoms in total. The van der Waals surface area contributed by atoms with Crippen molar-refractivity contribution in [3.8, 4) is 0 Å². The Hall–Kier alpha value is -0.640. The summed E-state index contributed by atoms with van der Waals surface area (Å²) in [6, 6.07) is 0. The second-order valence-corrected chi connectivity index (χ2v) is 6.65. The van der Waals surface area contributed by atoms with E-state index in [1.807, 2.05) is 13.8 Å². The highest BCUT2D eigenvalue weighted by atomic mass is 32.1. The van der Waals surface area contributed by atoms with Crippen molar-refractivity contribution in [2.75, 3.05) is 6.54 Å². The second-order valence-electron chi connectivity index (χ2n) is 6.21. The van der Waals surface area contributed by atoms with Gasteiger partial charge in [0.05, 0.1) is 10.4 Å². The zero-order valence-corrected chi connectivity index (χ0v) is 13.4. The molecular weight excluding hydrogens is 256 g/mol. The zero-order chi connectivity index (χ0) is 14.5. The molecule has 0 radical (unpaired) electrons. The predicted molar refractivity (Wildman–Crippen MR) is 84.0 cm³/mol. The molecule has 0 unspecified atom stereocenters. The van der Waals surface area contributed by atoms with E-state index in [0.29, 0.717) is 17.8 Å². The molecule has 1 saturated carbocycles. The van der Waals surface area contributed by atoms with E-state index >= 15 is 0 Å². The van der Waals surface area contributed by atoms with Crippen LogP contribution in [0, 0.1) is 10.8 Å². The summed E-state index contributed by atoms with van der Waals surface area (Å²) in [6.45, 7) is 6.97. The van der Waals surface area contributed by atoms with Crippen molar-refractivity contribution >= 4 is 23.1 Å². The first-order chi connectivity index (χ1) is 8.90. The van der Waals surface area contributed by atoms with Crippen molar-refractivity contribution in [1.82, 2.24) is 5.32 Å². The number of hydrogen-bond acceptors (Lipinski definition) is 2. The first kappa shape index (κ1) is 16.4. The third kappa shape index (κ3) is 3.68. The zero-order valence-electron chi connectivity index (χ0n) is 12.6. The third-order valence-electron chi connectivity index (χ3n) is 4.85. The van der Waals surface area contributed by atoms with E-state index in [1.54, 1.807) is 0 Å². The van der Waals surface area contributed by atoms with Gasteiger partial charge in [-0.1, -0.05) is 52.3 Å². The molecule has 0 aromatic rings. The third-order valence-corrected chi connectivity index (χ3v) is 5.24. The largest absolute Gasteiger partial charge is 0.392 e. The van der Waals surface area contributed by atoms with E-state index in [2.05, 4.69) is 12.2 Å². The summed E-state index contributed by atoms with van der Waals surface area (Å²) >= 11 is 5.12. The topological polar surface area (TPSA) is 55.1 Å². The van der Waals surface area contributed by atoms with Crippen LogP contribution in [0.5, 0.6) is 0 Å². The molecule has 1 fully saturated rings. The fourth-order valence-electron chi connectivity index (χ4n) is 3.08. The van der Waals surface area contributed by atoms with Crippen molar-refractivity contribution < 1.29 is 4.79 Å². The van der Waals surface area contributed by atoms with Crippen molar-refractivity contribution in [2.45, 2.75) is 65.7 Å². The van der Waals surface area contributed by atoms with Gasteiger partial charge in [-0.2, -0.15) is 0 Å². The summed E-state index contributed by atoms with van der Waals surface area (Å²) in [7, 11) is 0. The number of carbonyl (C=O) groups excluding carboxylic acids is 1. The van der Waals surface area contributed by atoms with Gasteiger partial charge in [0.15, 0.2) is 0 Å². The molecule has 0 bridgehead atoms. The van der Waals surface area contributed by atoms with E-state index in [-0.39, 0.29) is 11.3 Å². The van der Waals surface area contributed by atoms with Crippen molar-refractivity contribution in [1.29, 1.82) is 0 Å². The molecule has 1 aliphatic rings. The van der Waals surface area contributed by atoms with Gasteiger partial charge < -0.3 is 11.1 Å². The quantitative estimate of drug-likeness (QED) is 0.737. The average molecular weight is 284 g/mol. The van der Waals surface area contributed by atoms with Crippen molar-refractivity contribution in [2.24, 2.45) is 16.6 Å². The minimum Gasteiger partial charge on any atom is -0.392 e. The van der Waals surface area contributed by atoms with Gasteiger partial charge in [-0.25, -0.2) is 0 Å². The normalized spacial score (nSPS) is 18.9. The van der Waals surface area contributed by atoms with Crippen molar-refractivity contribution in [3.63, 3.8) is 0 Å². The molecule has 1 rings (SSSR count). The number of hydrogen-bond donors (Lipinski definition) is 2. The van der Waals surface area contributed by atoms with Crippen LogP contribution in [0.25, 0.3) is 0 Å². The number of thiocarbonyl (C=S) groups is 1. The molecule has 19 heavy (non-hydrogen) atoms. The summed E-state index contributed by atoms with van der Waals surface area (Å²) in [5.74, 6) is 0.0109. The monoisotopic (exact) mass is 284 g/mol. The van der Waals surface area contributed by atoms with E-state index in [9.17, 15) is 4.79 Å². The Labute approximate surface area is 122 Å². The lowest BCUT2D eigenvalue weighted by molar-refractivity contribution is -0.128. The summed E-state index contributed by atoms with van der Waals surface area (Å²) in [6.07, 6.45) is 7.60. The summed E-state index contributed by atoms with van der Waals surface area (Å²) in [5.41, 5.74) is 5.39. The van der Waals surface area contributed by atoms with E-state index in [0.717, 1.165) is 6.54 Å². The molecule has 0 atom stereocenters. The van der Waals surface area contributed by atoms with Gasteiger partial charge in [0.25, 0.3) is 0 Å². The summed E-state index contributed by atoms with van der Waals surface area (Å²) in [4.78, 5) is 12.8. The molecule has 0 saturated heterocycles. The smallest absolute Gasteiger partial charge is 0.233 e. The van der Waals surface area contributed by atoms with Crippen LogP contribution in [0.3, 0.4) is 0 Å². The average Bonchev–Trinajstić information content (AvgIpc) is 2.39. The van der Waals surface area contributed by atoms with Gasteiger partial charge in [0.1, 0.15) is 0 Å². The fourth-order valence-corrected chi connectivity index (χ4v) is 3.46. The highest BCUT2D eigenvalue weighted by Gasteiger charge is 2.39. The van der Waals surface area contributed by atoms with E-state index in [4.69, 9.17) is 18.0 Å². The van der Waals surface area contributed by atoms with Gasteiger partial charge in [-0.05, 0) is 31.1 Å². The maximum Gasteiger partial charge on any atom is 0.233 e. The highest BCUT2D eigenvalue weighted by molar-refractivity contribution is 7.80. The SMILES string of the molecule is CCC(CC)(C(=O)NCC1(C)CCCCC1)C(N)=S. The molecule has 0 aromatic carbocycles. The van der Waals surface area contributed by atoms with Gasteiger partial charge in [0.2, 0.25) is 5.91 Å². The Morgan fingerprint density at radius 2 is 1.79 bits per heavy atom. The molecule has 1 aliphatic carbocycles. The molecule has 1 amide bonds. The maximum absolute atomic E-state index is 12.5. The lowest BCUT2D eigenvalue weighted by Gasteiger charge is -2.36. The minimum atomic E-state index is -0.666. The Balaban J connectivity index is 2.65. The Bertz CT molecular complexity index is 331. The number of nitrogens with two attached hydrogens (primary N) is 1. The van der Waals surface area contributed by atoms with Crippen molar-refractivity contribution in [3.05, 3.63) is 0 Å². The first-order valence-corrected chi connectivity index (χ1v) is 7.89. The van der Waals surface area contributed by atoms with Gasteiger partial charge in [0, 0.05) is 6.54 Å². The summed E-state index contributed by atoms with van der Waals surface area (Å²) in [5, 5.41) is 3.11. The molecule has 3 N–H and O–H groups in total. The molecule has 4 heteroatoms. The predicted octanol–water partition coefficient (Wildman–Crippen LogP) is 3.17.